The number of rotatable bonds is 4. The van der Waals surface area contributed by atoms with Crippen LogP contribution in [0.5, 0.6) is 0 Å². The third-order valence-corrected chi connectivity index (χ3v) is 2.99. The van der Waals surface area contributed by atoms with Crippen LogP contribution in [0.2, 0.25) is 0 Å². The molecule has 2 rings (SSSR count). The van der Waals surface area contributed by atoms with Crippen molar-refractivity contribution < 1.29 is 0 Å². The molecule has 0 radical (unpaired) electrons. The molecule has 0 aliphatic carbocycles. The van der Waals surface area contributed by atoms with Gasteiger partial charge in [-0.1, -0.05) is 36.8 Å². The standard InChI is InChI=1S/C15H20N4/c1-4-14-17-13(16)9-15(18-14)19(3)10-12-7-5-6-11(2)8-12/h5-9H,4,10H2,1-3H3,(H2,16,17,18). The number of aryl methyl sites for hydroxylation is 2. The van der Waals surface area contributed by atoms with Crippen LogP contribution in [0, 0.1) is 6.92 Å². The third kappa shape index (κ3) is 3.44. The van der Waals surface area contributed by atoms with Crippen LogP contribution in [0.25, 0.3) is 0 Å². The summed E-state index contributed by atoms with van der Waals surface area (Å²) in [5.74, 6) is 2.18. The first-order chi connectivity index (χ1) is 9.08. The molecule has 0 bridgehead atoms. The second kappa shape index (κ2) is 5.69. The topological polar surface area (TPSA) is 55.0 Å². The van der Waals surface area contributed by atoms with E-state index >= 15 is 0 Å². The van der Waals surface area contributed by atoms with Gasteiger partial charge in [0.15, 0.2) is 0 Å². The molecule has 0 saturated carbocycles. The van der Waals surface area contributed by atoms with Crippen LogP contribution in [0.4, 0.5) is 11.6 Å². The molecular weight excluding hydrogens is 236 g/mol. The van der Waals surface area contributed by atoms with Crippen LogP contribution in [0.3, 0.4) is 0 Å². The van der Waals surface area contributed by atoms with Gasteiger partial charge in [0.05, 0.1) is 0 Å². The molecule has 2 aromatic rings. The second-order valence-electron chi connectivity index (χ2n) is 4.77. The number of hydrogen-bond donors (Lipinski definition) is 1. The van der Waals surface area contributed by atoms with Crippen molar-refractivity contribution in [3.8, 4) is 0 Å². The Morgan fingerprint density at radius 3 is 2.68 bits per heavy atom. The molecule has 2 N–H and O–H groups in total. The molecule has 0 fully saturated rings. The molecule has 0 unspecified atom stereocenters. The van der Waals surface area contributed by atoms with Gasteiger partial charge >= 0.3 is 0 Å². The van der Waals surface area contributed by atoms with Crippen LogP contribution in [0.1, 0.15) is 23.9 Å². The zero-order chi connectivity index (χ0) is 13.8. The van der Waals surface area contributed by atoms with Crippen molar-refractivity contribution in [2.45, 2.75) is 26.8 Å². The van der Waals surface area contributed by atoms with Gasteiger partial charge in [0.1, 0.15) is 17.5 Å². The van der Waals surface area contributed by atoms with E-state index in [1.165, 1.54) is 11.1 Å². The van der Waals surface area contributed by atoms with Gasteiger partial charge < -0.3 is 10.6 Å². The van der Waals surface area contributed by atoms with Gasteiger partial charge in [0.25, 0.3) is 0 Å². The van der Waals surface area contributed by atoms with Gasteiger partial charge in [0.2, 0.25) is 0 Å². The zero-order valence-corrected chi connectivity index (χ0v) is 11.7. The van der Waals surface area contributed by atoms with Crippen LogP contribution >= 0.6 is 0 Å². The van der Waals surface area contributed by atoms with Crippen molar-refractivity contribution in [2.75, 3.05) is 17.7 Å². The van der Waals surface area contributed by atoms with Crippen molar-refractivity contribution in [1.82, 2.24) is 9.97 Å². The number of nitrogens with two attached hydrogens (primary N) is 1. The SMILES string of the molecule is CCc1nc(N)cc(N(C)Cc2cccc(C)c2)n1. The van der Waals surface area contributed by atoms with Crippen molar-refractivity contribution in [2.24, 2.45) is 0 Å². The molecule has 0 amide bonds. The first-order valence-electron chi connectivity index (χ1n) is 6.48. The number of anilines is 2. The lowest BCUT2D eigenvalue weighted by Crippen LogP contribution is -2.19. The van der Waals surface area contributed by atoms with E-state index < -0.39 is 0 Å². The molecule has 100 valence electrons. The fourth-order valence-corrected chi connectivity index (χ4v) is 2.02. The Morgan fingerprint density at radius 1 is 1.21 bits per heavy atom. The average molecular weight is 256 g/mol. The first kappa shape index (κ1) is 13.3. The van der Waals surface area contributed by atoms with Crippen LogP contribution in [0.15, 0.2) is 30.3 Å². The normalized spacial score (nSPS) is 10.5. The minimum atomic E-state index is 0.526. The maximum atomic E-state index is 5.81. The predicted octanol–water partition coefficient (Wildman–Crippen LogP) is 2.57. The van der Waals surface area contributed by atoms with Crippen molar-refractivity contribution in [3.05, 3.63) is 47.3 Å². The van der Waals surface area contributed by atoms with E-state index in [2.05, 4.69) is 46.1 Å². The molecule has 1 aromatic heterocycles. The lowest BCUT2D eigenvalue weighted by Gasteiger charge is -2.19. The van der Waals surface area contributed by atoms with Crippen molar-refractivity contribution >= 4 is 11.6 Å². The smallest absolute Gasteiger partial charge is 0.134 e. The highest BCUT2D eigenvalue weighted by Crippen LogP contribution is 2.16. The Kier molecular flexibility index (Phi) is 4.00. The quantitative estimate of drug-likeness (QED) is 0.913. The summed E-state index contributed by atoms with van der Waals surface area (Å²) in [5.41, 5.74) is 8.34. The van der Waals surface area contributed by atoms with Gasteiger partial charge in [-0.3, -0.25) is 0 Å². The molecule has 1 aromatic carbocycles. The highest BCUT2D eigenvalue weighted by molar-refractivity contribution is 5.47. The third-order valence-electron chi connectivity index (χ3n) is 2.99. The summed E-state index contributed by atoms with van der Waals surface area (Å²) in [7, 11) is 2.02. The second-order valence-corrected chi connectivity index (χ2v) is 4.77. The van der Waals surface area contributed by atoms with Crippen LogP contribution in [-0.2, 0) is 13.0 Å². The molecule has 0 saturated heterocycles. The lowest BCUT2D eigenvalue weighted by atomic mass is 10.1. The van der Waals surface area contributed by atoms with Gasteiger partial charge in [-0.05, 0) is 12.5 Å². The minimum Gasteiger partial charge on any atom is -0.384 e. The van der Waals surface area contributed by atoms with E-state index in [1.54, 1.807) is 0 Å². The number of aromatic nitrogens is 2. The first-order valence-corrected chi connectivity index (χ1v) is 6.48. The molecule has 0 aliphatic heterocycles. The number of nitrogens with zero attached hydrogens (tertiary/aromatic N) is 3. The monoisotopic (exact) mass is 256 g/mol. The van der Waals surface area contributed by atoms with Crippen molar-refractivity contribution in [3.63, 3.8) is 0 Å². The summed E-state index contributed by atoms with van der Waals surface area (Å²) in [6.45, 7) is 4.93. The molecule has 4 nitrogen and oxygen atoms in total. The van der Waals surface area contributed by atoms with Gasteiger partial charge in [0, 0.05) is 26.1 Å². The van der Waals surface area contributed by atoms with Crippen LogP contribution < -0.4 is 10.6 Å². The van der Waals surface area contributed by atoms with E-state index in [-0.39, 0.29) is 0 Å². The fourth-order valence-electron chi connectivity index (χ4n) is 2.02. The van der Waals surface area contributed by atoms with E-state index in [9.17, 15) is 0 Å². The largest absolute Gasteiger partial charge is 0.384 e. The minimum absolute atomic E-state index is 0.526. The Morgan fingerprint density at radius 2 is 2.00 bits per heavy atom. The van der Waals surface area contributed by atoms with Crippen LogP contribution in [-0.4, -0.2) is 17.0 Å². The number of hydrogen-bond acceptors (Lipinski definition) is 4. The van der Waals surface area contributed by atoms with E-state index in [4.69, 9.17) is 5.73 Å². The summed E-state index contributed by atoms with van der Waals surface area (Å²) in [4.78, 5) is 10.8. The Labute approximate surface area is 114 Å². The van der Waals surface area contributed by atoms with Crippen molar-refractivity contribution in [1.29, 1.82) is 0 Å². The number of benzene rings is 1. The maximum Gasteiger partial charge on any atom is 0.134 e. The summed E-state index contributed by atoms with van der Waals surface area (Å²) in [6.07, 6.45) is 0.788. The van der Waals surface area contributed by atoms with E-state index in [0.717, 1.165) is 24.6 Å². The summed E-state index contributed by atoms with van der Waals surface area (Å²) < 4.78 is 0. The molecule has 1 heterocycles. The van der Waals surface area contributed by atoms with Gasteiger partial charge in [-0.25, -0.2) is 9.97 Å². The highest BCUT2D eigenvalue weighted by Gasteiger charge is 2.07. The molecule has 0 atom stereocenters. The predicted molar refractivity (Wildman–Crippen MR) is 79.1 cm³/mol. The molecule has 0 aliphatic rings. The van der Waals surface area contributed by atoms with E-state index in [0.29, 0.717) is 5.82 Å². The summed E-state index contributed by atoms with van der Waals surface area (Å²) in [6, 6.07) is 10.3. The Hall–Kier alpha value is -2.10. The molecule has 4 heteroatoms. The fraction of sp³-hybridized carbons (Fsp3) is 0.333. The van der Waals surface area contributed by atoms with E-state index in [1.807, 2.05) is 20.0 Å². The lowest BCUT2D eigenvalue weighted by molar-refractivity contribution is 0.861. The molecular formula is C15H20N4. The number of nitrogen functional groups attached to an aromatic ring is 1. The average Bonchev–Trinajstić information content (AvgIpc) is 2.38. The van der Waals surface area contributed by atoms with Gasteiger partial charge in [-0.15, -0.1) is 0 Å². The molecule has 19 heavy (non-hydrogen) atoms. The summed E-state index contributed by atoms with van der Waals surface area (Å²) in [5, 5.41) is 0. The Balaban J connectivity index is 2.20. The zero-order valence-electron chi connectivity index (χ0n) is 11.7. The maximum absolute atomic E-state index is 5.81. The summed E-state index contributed by atoms with van der Waals surface area (Å²) >= 11 is 0. The molecule has 0 spiro atoms. The highest BCUT2D eigenvalue weighted by atomic mass is 15.2. The Bertz CT molecular complexity index is 566. The van der Waals surface area contributed by atoms with Gasteiger partial charge in [-0.2, -0.15) is 0 Å².